The van der Waals surface area contributed by atoms with E-state index in [1.165, 1.54) is 0 Å². The number of aromatic nitrogens is 2. The summed E-state index contributed by atoms with van der Waals surface area (Å²) in [6, 6.07) is 13.2. The zero-order valence-electron chi connectivity index (χ0n) is 14.8. The number of hydrogen-bond acceptors (Lipinski definition) is 4. The topological polar surface area (TPSA) is 63.3 Å². The van der Waals surface area contributed by atoms with Crippen LogP contribution in [0.15, 0.2) is 53.1 Å². The quantitative estimate of drug-likeness (QED) is 0.688. The lowest BCUT2D eigenvalue weighted by Crippen LogP contribution is -2.30. The van der Waals surface area contributed by atoms with Crippen molar-refractivity contribution >= 4 is 23.3 Å². The van der Waals surface area contributed by atoms with Gasteiger partial charge in [0.15, 0.2) is 0 Å². The molecule has 0 saturated carbocycles. The number of aryl methyl sites for hydroxylation is 1. The average Bonchev–Trinajstić information content (AvgIpc) is 3.18. The SMILES string of the molecule is Cc1ccc(CN(C)CC(=O)Nc2ccnn2Cc2ccccc2Cl)o1. The number of carbonyl (C=O) groups excluding carboxylic acids is 1. The first-order valence-electron chi connectivity index (χ1n) is 8.30. The summed E-state index contributed by atoms with van der Waals surface area (Å²) < 4.78 is 7.26. The first-order valence-corrected chi connectivity index (χ1v) is 8.68. The first kappa shape index (κ1) is 18.2. The molecule has 136 valence electrons. The summed E-state index contributed by atoms with van der Waals surface area (Å²) in [6.07, 6.45) is 1.65. The van der Waals surface area contributed by atoms with Gasteiger partial charge in [0.05, 0.1) is 25.8 Å². The maximum atomic E-state index is 12.3. The van der Waals surface area contributed by atoms with Gasteiger partial charge in [-0.3, -0.25) is 9.69 Å². The third kappa shape index (κ3) is 4.74. The number of carbonyl (C=O) groups is 1. The Bertz CT molecular complexity index is 887. The molecule has 0 saturated heterocycles. The number of amides is 1. The summed E-state index contributed by atoms with van der Waals surface area (Å²) >= 11 is 6.20. The van der Waals surface area contributed by atoms with Gasteiger partial charge in [-0.05, 0) is 37.7 Å². The van der Waals surface area contributed by atoms with E-state index in [1.807, 2.05) is 55.3 Å². The zero-order chi connectivity index (χ0) is 18.5. The third-order valence-electron chi connectivity index (χ3n) is 3.90. The minimum absolute atomic E-state index is 0.114. The van der Waals surface area contributed by atoms with Crippen LogP contribution in [0, 0.1) is 6.92 Å². The lowest BCUT2D eigenvalue weighted by Gasteiger charge is -2.15. The van der Waals surface area contributed by atoms with E-state index in [0.717, 1.165) is 17.1 Å². The summed E-state index contributed by atoms with van der Waals surface area (Å²) in [5.41, 5.74) is 0.943. The van der Waals surface area contributed by atoms with Crippen molar-refractivity contribution in [2.75, 3.05) is 18.9 Å². The highest BCUT2D eigenvalue weighted by atomic mass is 35.5. The van der Waals surface area contributed by atoms with Crippen LogP contribution in [0.25, 0.3) is 0 Å². The van der Waals surface area contributed by atoms with Crippen molar-refractivity contribution in [3.63, 3.8) is 0 Å². The van der Waals surface area contributed by atoms with Crippen LogP contribution < -0.4 is 5.32 Å². The molecule has 3 aromatic rings. The number of likely N-dealkylation sites (N-methyl/N-ethyl adjacent to an activating group) is 1. The molecule has 1 amide bonds. The van der Waals surface area contributed by atoms with E-state index >= 15 is 0 Å². The van der Waals surface area contributed by atoms with Crippen molar-refractivity contribution in [1.82, 2.24) is 14.7 Å². The van der Waals surface area contributed by atoms with Gasteiger partial charge in [-0.15, -0.1) is 0 Å². The van der Waals surface area contributed by atoms with Gasteiger partial charge in [0.2, 0.25) is 5.91 Å². The molecule has 0 aliphatic carbocycles. The molecule has 1 aromatic carbocycles. The minimum atomic E-state index is -0.114. The van der Waals surface area contributed by atoms with E-state index in [0.29, 0.717) is 23.9 Å². The summed E-state index contributed by atoms with van der Waals surface area (Å²) in [5, 5.41) is 7.84. The number of hydrogen-bond donors (Lipinski definition) is 1. The van der Waals surface area contributed by atoms with Crippen molar-refractivity contribution in [2.24, 2.45) is 0 Å². The van der Waals surface area contributed by atoms with E-state index in [4.69, 9.17) is 16.0 Å². The maximum absolute atomic E-state index is 12.3. The molecule has 2 heterocycles. The van der Waals surface area contributed by atoms with Crippen LogP contribution in [0.4, 0.5) is 5.82 Å². The fourth-order valence-corrected chi connectivity index (χ4v) is 2.87. The van der Waals surface area contributed by atoms with Crippen LogP contribution in [0.5, 0.6) is 0 Å². The summed E-state index contributed by atoms with van der Waals surface area (Å²) in [4.78, 5) is 14.2. The molecule has 0 unspecified atom stereocenters. The second kappa shape index (κ2) is 8.21. The molecule has 2 aromatic heterocycles. The Morgan fingerprint density at radius 1 is 1.27 bits per heavy atom. The van der Waals surface area contributed by atoms with Crippen LogP contribution in [-0.2, 0) is 17.9 Å². The van der Waals surface area contributed by atoms with Gasteiger partial charge in [0.25, 0.3) is 0 Å². The summed E-state index contributed by atoms with van der Waals surface area (Å²) in [6.45, 7) is 3.21. The van der Waals surface area contributed by atoms with Crippen LogP contribution in [-0.4, -0.2) is 34.2 Å². The Balaban J connectivity index is 1.58. The van der Waals surface area contributed by atoms with Gasteiger partial charge in [0, 0.05) is 11.1 Å². The second-order valence-corrected chi connectivity index (χ2v) is 6.61. The van der Waals surface area contributed by atoms with Gasteiger partial charge >= 0.3 is 0 Å². The normalized spacial score (nSPS) is 11.1. The molecule has 26 heavy (non-hydrogen) atoms. The Morgan fingerprint density at radius 2 is 2.08 bits per heavy atom. The molecule has 7 heteroatoms. The van der Waals surface area contributed by atoms with Crippen molar-refractivity contribution in [1.29, 1.82) is 0 Å². The lowest BCUT2D eigenvalue weighted by atomic mass is 10.2. The summed E-state index contributed by atoms with van der Waals surface area (Å²) in [5.74, 6) is 2.22. The van der Waals surface area contributed by atoms with Crippen LogP contribution in [0.3, 0.4) is 0 Å². The number of rotatable bonds is 7. The summed E-state index contributed by atoms with van der Waals surface area (Å²) in [7, 11) is 1.87. The molecular weight excluding hydrogens is 352 g/mol. The third-order valence-corrected chi connectivity index (χ3v) is 4.27. The number of benzene rings is 1. The van der Waals surface area contributed by atoms with E-state index in [1.54, 1.807) is 16.9 Å². The average molecular weight is 373 g/mol. The highest BCUT2D eigenvalue weighted by molar-refractivity contribution is 6.31. The van der Waals surface area contributed by atoms with Gasteiger partial charge in [-0.1, -0.05) is 29.8 Å². The lowest BCUT2D eigenvalue weighted by molar-refractivity contribution is -0.117. The Labute approximate surface area is 157 Å². The van der Waals surface area contributed by atoms with Crippen LogP contribution in [0.2, 0.25) is 5.02 Å². The number of nitrogens with zero attached hydrogens (tertiary/aromatic N) is 3. The fourth-order valence-electron chi connectivity index (χ4n) is 2.67. The standard InChI is InChI=1S/C19H21ClN4O2/c1-14-7-8-16(26-14)12-23(2)13-19(25)22-18-9-10-21-24(18)11-15-5-3-4-6-17(15)20/h3-10H,11-13H2,1-2H3,(H,22,25). The van der Waals surface area contributed by atoms with Crippen LogP contribution in [0.1, 0.15) is 17.1 Å². The van der Waals surface area contributed by atoms with E-state index in [-0.39, 0.29) is 12.5 Å². The van der Waals surface area contributed by atoms with Gasteiger partial charge < -0.3 is 9.73 Å². The smallest absolute Gasteiger partial charge is 0.239 e. The molecule has 0 aliphatic rings. The molecule has 0 bridgehead atoms. The monoisotopic (exact) mass is 372 g/mol. The molecule has 0 radical (unpaired) electrons. The Morgan fingerprint density at radius 3 is 2.81 bits per heavy atom. The highest BCUT2D eigenvalue weighted by Gasteiger charge is 2.12. The Hall–Kier alpha value is -2.57. The predicted molar refractivity (Wildman–Crippen MR) is 101 cm³/mol. The molecular formula is C19H21ClN4O2. The Kier molecular flexibility index (Phi) is 5.75. The number of furan rings is 1. The first-order chi connectivity index (χ1) is 12.5. The van der Waals surface area contributed by atoms with Crippen LogP contribution >= 0.6 is 11.6 Å². The van der Waals surface area contributed by atoms with E-state index in [2.05, 4.69) is 10.4 Å². The second-order valence-electron chi connectivity index (χ2n) is 6.20. The zero-order valence-corrected chi connectivity index (χ0v) is 15.5. The number of halogens is 1. The molecule has 6 nitrogen and oxygen atoms in total. The molecule has 0 fully saturated rings. The molecule has 3 rings (SSSR count). The molecule has 0 aliphatic heterocycles. The molecule has 0 atom stereocenters. The number of nitrogens with one attached hydrogen (secondary N) is 1. The van der Waals surface area contributed by atoms with E-state index in [9.17, 15) is 4.79 Å². The fraction of sp³-hybridized carbons (Fsp3) is 0.263. The molecule has 1 N–H and O–H groups in total. The van der Waals surface area contributed by atoms with Crippen molar-refractivity contribution in [3.05, 3.63) is 70.8 Å². The van der Waals surface area contributed by atoms with E-state index < -0.39 is 0 Å². The van der Waals surface area contributed by atoms with Crippen molar-refractivity contribution in [2.45, 2.75) is 20.0 Å². The van der Waals surface area contributed by atoms with Crippen molar-refractivity contribution < 1.29 is 9.21 Å². The largest absolute Gasteiger partial charge is 0.465 e. The molecule has 0 spiro atoms. The highest BCUT2D eigenvalue weighted by Crippen LogP contribution is 2.18. The van der Waals surface area contributed by atoms with Gasteiger partial charge in [0.1, 0.15) is 17.3 Å². The maximum Gasteiger partial charge on any atom is 0.239 e. The predicted octanol–water partition coefficient (Wildman–Crippen LogP) is 3.56. The minimum Gasteiger partial charge on any atom is -0.465 e. The van der Waals surface area contributed by atoms with Gasteiger partial charge in [-0.25, -0.2) is 4.68 Å². The number of anilines is 1. The van der Waals surface area contributed by atoms with Crippen molar-refractivity contribution in [3.8, 4) is 0 Å². The van der Waals surface area contributed by atoms with Gasteiger partial charge in [-0.2, -0.15) is 5.10 Å².